The van der Waals surface area contributed by atoms with Gasteiger partial charge in [0.15, 0.2) is 0 Å². The Morgan fingerprint density at radius 2 is 2.29 bits per heavy atom. The van der Waals surface area contributed by atoms with Gasteiger partial charge in [-0.25, -0.2) is 9.78 Å². The molecule has 2 amide bonds. The summed E-state index contributed by atoms with van der Waals surface area (Å²) in [5, 5.41) is 13.1. The van der Waals surface area contributed by atoms with Gasteiger partial charge in [0.25, 0.3) is 0 Å². The zero-order valence-electron chi connectivity index (χ0n) is 13.7. The molecule has 1 atom stereocenters. The third-order valence-electron chi connectivity index (χ3n) is 4.21. The van der Waals surface area contributed by atoms with Crippen LogP contribution in [0.5, 0.6) is 0 Å². The number of nitrogens with one attached hydrogen (secondary N) is 1. The quantitative estimate of drug-likeness (QED) is 0.866. The van der Waals surface area contributed by atoms with E-state index in [2.05, 4.69) is 10.3 Å². The number of carbonyl (C=O) groups excluding carboxylic acids is 1. The zero-order chi connectivity index (χ0) is 16.9. The fourth-order valence-electron chi connectivity index (χ4n) is 2.90. The van der Waals surface area contributed by atoms with E-state index in [-0.39, 0.29) is 6.03 Å². The van der Waals surface area contributed by atoms with Gasteiger partial charge in [-0.3, -0.25) is 0 Å². The van der Waals surface area contributed by atoms with Crippen LogP contribution in [-0.2, 0) is 24.4 Å². The van der Waals surface area contributed by atoms with Crippen LogP contribution in [0.3, 0.4) is 0 Å². The lowest BCUT2D eigenvalue weighted by atomic mass is 9.98. The Morgan fingerprint density at radius 1 is 1.46 bits per heavy atom. The molecular formula is C17H22N4O3. The van der Waals surface area contributed by atoms with Crippen LogP contribution in [0, 0.1) is 0 Å². The highest BCUT2D eigenvalue weighted by Gasteiger charge is 2.26. The number of ether oxygens (including phenoxy) is 1. The van der Waals surface area contributed by atoms with E-state index in [1.54, 1.807) is 24.5 Å². The number of fused-ring (bicyclic) bond motifs is 1. The van der Waals surface area contributed by atoms with Gasteiger partial charge >= 0.3 is 6.03 Å². The summed E-state index contributed by atoms with van der Waals surface area (Å²) < 4.78 is 7.01. The van der Waals surface area contributed by atoms with E-state index < -0.39 is 6.10 Å². The number of carbonyl (C=O) groups is 1. The fourth-order valence-corrected chi connectivity index (χ4v) is 2.90. The van der Waals surface area contributed by atoms with Crippen molar-refractivity contribution < 1.29 is 14.6 Å². The van der Waals surface area contributed by atoms with Crippen LogP contribution in [0.2, 0.25) is 0 Å². The van der Waals surface area contributed by atoms with Crippen molar-refractivity contribution in [3.63, 3.8) is 0 Å². The van der Waals surface area contributed by atoms with Gasteiger partial charge in [-0.1, -0.05) is 24.3 Å². The molecule has 7 nitrogen and oxygen atoms in total. The van der Waals surface area contributed by atoms with Crippen molar-refractivity contribution in [3.05, 3.63) is 53.6 Å². The number of nitrogens with zero attached hydrogens (tertiary/aromatic N) is 3. The third kappa shape index (κ3) is 3.58. The van der Waals surface area contributed by atoms with E-state index in [4.69, 9.17) is 4.74 Å². The summed E-state index contributed by atoms with van der Waals surface area (Å²) in [6.07, 6.45) is 2.81. The summed E-state index contributed by atoms with van der Waals surface area (Å²) in [5.74, 6) is 0. The number of imidazole rings is 1. The Hall–Kier alpha value is -2.38. The number of amides is 2. The van der Waals surface area contributed by atoms with Gasteiger partial charge in [-0.2, -0.15) is 0 Å². The Kier molecular flexibility index (Phi) is 5.12. The molecule has 0 bridgehead atoms. The van der Waals surface area contributed by atoms with E-state index in [1.165, 1.54) is 0 Å². The number of methoxy groups -OCH3 is 1. The molecular weight excluding hydrogens is 308 g/mol. The van der Waals surface area contributed by atoms with Gasteiger partial charge in [0, 0.05) is 26.4 Å². The molecule has 3 rings (SSSR count). The molecule has 2 N–H and O–H groups in total. The molecule has 1 aromatic carbocycles. The Bertz CT molecular complexity index is 701. The van der Waals surface area contributed by atoms with Crippen molar-refractivity contribution in [1.82, 2.24) is 19.8 Å². The standard InChI is InChI=1S/C17H22N4O3/c1-24-7-6-20-12-18-8-14(20)9-19-17(23)21-10-13-4-2-3-5-15(13)16(22)11-21/h2-5,8,12,16,22H,6-7,9-11H2,1H3,(H,19,23)/t16-/m0/s1. The van der Waals surface area contributed by atoms with Gasteiger partial charge < -0.3 is 24.6 Å². The summed E-state index contributed by atoms with van der Waals surface area (Å²) in [7, 11) is 1.65. The normalized spacial score (nSPS) is 16.8. The van der Waals surface area contributed by atoms with Crippen LogP contribution in [0.1, 0.15) is 22.9 Å². The molecule has 7 heteroatoms. The Labute approximate surface area is 140 Å². The average Bonchev–Trinajstić information content (AvgIpc) is 3.05. The molecule has 128 valence electrons. The second-order valence-corrected chi connectivity index (χ2v) is 5.83. The predicted octanol–water partition coefficient (Wildman–Crippen LogP) is 1.29. The Balaban J connectivity index is 1.59. The number of hydrogen-bond acceptors (Lipinski definition) is 4. The lowest BCUT2D eigenvalue weighted by Crippen LogP contribution is -2.44. The van der Waals surface area contributed by atoms with Crippen LogP contribution >= 0.6 is 0 Å². The van der Waals surface area contributed by atoms with Gasteiger partial charge in [-0.15, -0.1) is 0 Å². The maximum atomic E-state index is 12.4. The van der Waals surface area contributed by atoms with Crippen molar-refractivity contribution in [2.45, 2.75) is 25.7 Å². The van der Waals surface area contributed by atoms with Crippen molar-refractivity contribution in [2.75, 3.05) is 20.3 Å². The second kappa shape index (κ2) is 7.46. The first-order valence-electron chi connectivity index (χ1n) is 7.95. The molecule has 1 aliphatic rings. The molecule has 1 aromatic heterocycles. The molecule has 0 aliphatic carbocycles. The Morgan fingerprint density at radius 3 is 3.12 bits per heavy atom. The van der Waals surface area contributed by atoms with Gasteiger partial charge in [0.1, 0.15) is 0 Å². The van der Waals surface area contributed by atoms with Crippen LogP contribution in [0.15, 0.2) is 36.8 Å². The first-order chi connectivity index (χ1) is 11.7. The van der Waals surface area contributed by atoms with Crippen LogP contribution in [-0.4, -0.2) is 45.9 Å². The van der Waals surface area contributed by atoms with E-state index in [9.17, 15) is 9.90 Å². The van der Waals surface area contributed by atoms with Gasteiger partial charge in [-0.05, 0) is 11.1 Å². The van der Waals surface area contributed by atoms with Gasteiger partial charge in [0.05, 0.1) is 37.8 Å². The first kappa shape index (κ1) is 16.5. The van der Waals surface area contributed by atoms with Crippen molar-refractivity contribution >= 4 is 6.03 Å². The molecule has 0 radical (unpaired) electrons. The summed E-state index contributed by atoms with van der Waals surface area (Å²) >= 11 is 0. The summed E-state index contributed by atoms with van der Waals surface area (Å²) in [5.41, 5.74) is 2.80. The molecule has 2 aromatic rings. The average molecular weight is 330 g/mol. The summed E-state index contributed by atoms with van der Waals surface area (Å²) in [6.45, 7) is 2.47. The smallest absolute Gasteiger partial charge is 0.318 e. The van der Waals surface area contributed by atoms with Crippen LogP contribution in [0.25, 0.3) is 0 Å². The number of aliphatic hydroxyl groups is 1. The molecule has 0 spiro atoms. The molecule has 2 heterocycles. The number of urea groups is 1. The number of rotatable bonds is 5. The highest BCUT2D eigenvalue weighted by atomic mass is 16.5. The summed E-state index contributed by atoms with van der Waals surface area (Å²) in [4.78, 5) is 18.2. The molecule has 24 heavy (non-hydrogen) atoms. The van der Waals surface area contributed by atoms with Crippen molar-refractivity contribution in [2.24, 2.45) is 0 Å². The van der Waals surface area contributed by atoms with Gasteiger partial charge in [0.2, 0.25) is 0 Å². The topological polar surface area (TPSA) is 79.6 Å². The first-order valence-corrected chi connectivity index (χ1v) is 7.95. The number of aromatic nitrogens is 2. The lowest BCUT2D eigenvalue weighted by molar-refractivity contribution is 0.104. The number of β-amino-alcohol motifs (C(OH)–C–C–N with tert-alkyl or cyclic N) is 1. The lowest BCUT2D eigenvalue weighted by Gasteiger charge is -2.32. The van der Waals surface area contributed by atoms with E-state index >= 15 is 0 Å². The maximum Gasteiger partial charge on any atom is 0.318 e. The molecule has 0 fully saturated rings. The largest absolute Gasteiger partial charge is 0.387 e. The molecule has 1 aliphatic heterocycles. The second-order valence-electron chi connectivity index (χ2n) is 5.83. The van der Waals surface area contributed by atoms with Crippen molar-refractivity contribution in [3.8, 4) is 0 Å². The van der Waals surface area contributed by atoms with E-state index in [0.29, 0.717) is 32.8 Å². The minimum atomic E-state index is -0.645. The number of benzene rings is 1. The fraction of sp³-hybridized carbons (Fsp3) is 0.412. The van der Waals surface area contributed by atoms with Crippen molar-refractivity contribution in [1.29, 1.82) is 0 Å². The number of aliphatic hydroxyl groups excluding tert-OH is 1. The SMILES string of the molecule is COCCn1cncc1CNC(=O)N1Cc2ccccc2[C@@H](O)C1. The number of hydrogen-bond donors (Lipinski definition) is 2. The predicted molar refractivity (Wildman–Crippen MR) is 88.2 cm³/mol. The third-order valence-corrected chi connectivity index (χ3v) is 4.21. The zero-order valence-corrected chi connectivity index (χ0v) is 13.7. The monoisotopic (exact) mass is 330 g/mol. The molecule has 0 saturated heterocycles. The van der Waals surface area contributed by atoms with Crippen LogP contribution < -0.4 is 5.32 Å². The highest BCUT2D eigenvalue weighted by molar-refractivity contribution is 5.74. The van der Waals surface area contributed by atoms with E-state index in [1.807, 2.05) is 28.8 Å². The van der Waals surface area contributed by atoms with E-state index in [0.717, 1.165) is 16.8 Å². The maximum absolute atomic E-state index is 12.4. The minimum absolute atomic E-state index is 0.192. The molecule has 0 saturated carbocycles. The van der Waals surface area contributed by atoms with Crippen LogP contribution in [0.4, 0.5) is 4.79 Å². The summed E-state index contributed by atoms with van der Waals surface area (Å²) in [6, 6.07) is 7.48. The highest BCUT2D eigenvalue weighted by Crippen LogP contribution is 2.26. The minimum Gasteiger partial charge on any atom is -0.387 e. The molecule has 0 unspecified atom stereocenters.